The lowest BCUT2D eigenvalue weighted by molar-refractivity contribution is 0.549. The fourth-order valence-corrected chi connectivity index (χ4v) is 5.25. The number of nitrogens with zero attached hydrogens (tertiary/aromatic N) is 5. The highest BCUT2D eigenvalue weighted by Crippen LogP contribution is 2.36. The second-order valence-electron chi connectivity index (χ2n) is 9.02. The summed E-state index contributed by atoms with van der Waals surface area (Å²) in [7, 11) is 2.04. The first-order valence-corrected chi connectivity index (χ1v) is 11.5. The van der Waals surface area contributed by atoms with E-state index in [-0.39, 0.29) is 0 Å². The zero-order valence-electron chi connectivity index (χ0n) is 18.7. The minimum atomic E-state index is 0.676. The molecule has 0 aliphatic carbocycles. The highest BCUT2D eigenvalue weighted by molar-refractivity contribution is 5.72. The number of benzene rings is 2. The largest absolute Gasteiger partial charge is 0.371 e. The minimum Gasteiger partial charge on any atom is -0.371 e. The maximum Gasteiger partial charge on any atom is 0.161 e. The summed E-state index contributed by atoms with van der Waals surface area (Å²) in [6, 6.07) is 19.0. The summed E-state index contributed by atoms with van der Waals surface area (Å²) >= 11 is 0. The summed E-state index contributed by atoms with van der Waals surface area (Å²) in [5.41, 5.74) is 7.82. The van der Waals surface area contributed by atoms with Gasteiger partial charge in [-0.15, -0.1) is 0 Å². The van der Waals surface area contributed by atoms with Crippen LogP contribution in [0.1, 0.15) is 17.5 Å². The van der Waals surface area contributed by atoms with Gasteiger partial charge in [-0.3, -0.25) is 4.57 Å². The molecule has 2 aromatic carbocycles. The van der Waals surface area contributed by atoms with Gasteiger partial charge in [0.15, 0.2) is 5.82 Å². The molecule has 0 bridgehead atoms. The van der Waals surface area contributed by atoms with E-state index in [2.05, 4.69) is 62.1 Å². The van der Waals surface area contributed by atoms with E-state index >= 15 is 0 Å². The second-order valence-corrected chi connectivity index (χ2v) is 9.02. The fourth-order valence-electron chi connectivity index (χ4n) is 5.25. The summed E-state index contributed by atoms with van der Waals surface area (Å²) < 4.78 is 4.50. The van der Waals surface area contributed by atoms with Gasteiger partial charge in [0.2, 0.25) is 0 Å². The molecule has 6 heteroatoms. The molecule has 6 nitrogen and oxygen atoms in total. The van der Waals surface area contributed by atoms with E-state index in [9.17, 15) is 0 Å². The van der Waals surface area contributed by atoms with E-state index < -0.39 is 0 Å². The first-order valence-electron chi connectivity index (χ1n) is 11.5. The van der Waals surface area contributed by atoms with Crippen molar-refractivity contribution in [1.82, 2.24) is 19.4 Å². The Hall–Kier alpha value is -3.82. The van der Waals surface area contributed by atoms with Crippen molar-refractivity contribution in [2.75, 3.05) is 31.6 Å². The number of nitriles is 1. The number of aromatic nitrogens is 3. The molecule has 0 radical (unpaired) electrons. The SMILES string of the molecule is CNCC1CCN(c2ccc3c(c2)Cn2cc(-c4ccc(C#N)cc4)cc2-c2nccn2-3)C1. The molecule has 0 spiro atoms. The Labute approximate surface area is 193 Å². The Morgan fingerprint density at radius 1 is 1.12 bits per heavy atom. The number of imidazole rings is 1. The third-order valence-electron chi connectivity index (χ3n) is 6.92. The number of anilines is 1. The zero-order chi connectivity index (χ0) is 22.4. The lowest BCUT2D eigenvalue weighted by Crippen LogP contribution is -2.24. The quantitative estimate of drug-likeness (QED) is 0.458. The summed E-state index contributed by atoms with van der Waals surface area (Å²) in [5, 5.41) is 12.4. The third kappa shape index (κ3) is 3.42. The van der Waals surface area contributed by atoms with Gasteiger partial charge in [-0.1, -0.05) is 12.1 Å². The van der Waals surface area contributed by atoms with Crippen molar-refractivity contribution in [2.45, 2.75) is 13.0 Å². The molecule has 2 aliphatic rings. The highest BCUT2D eigenvalue weighted by Gasteiger charge is 2.25. The van der Waals surface area contributed by atoms with Gasteiger partial charge in [-0.25, -0.2) is 4.98 Å². The average molecular weight is 435 g/mol. The Kier molecular flexibility index (Phi) is 4.78. The van der Waals surface area contributed by atoms with Gasteiger partial charge in [-0.2, -0.15) is 5.26 Å². The van der Waals surface area contributed by atoms with Crippen LogP contribution < -0.4 is 10.2 Å². The van der Waals surface area contributed by atoms with Crippen LogP contribution in [-0.4, -0.2) is 40.8 Å². The van der Waals surface area contributed by atoms with Gasteiger partial charge < -0.3 is 14.8 Å². The lowest BCUT2D eigenvalue weighted by atomic mass is 10.1. The van der Waals surface area contributed by atoms with Gasteiger partial charge in [0, 0.05) is 49.5 Å². The van der Waals surface area contributed by atoms with Crippen LogP contribution in [-0.2, 0) is 6.54 Å². The van der Waals surface area contributed by atoms with Crippen LogP contribution in [0.5, 0.6) is 0 Å². The van der Waals surface area contributed by atoms with Crippen LogP contribution in [0.15, 0.2) is 67.1 Å². The number of hydrogen-bond acceptors (Lipinski definition) is 4. The van der Waals surface area contributed by atoms with Gasteiger partial charge in [0.1, 0.15) is 0 Å². The van der Waals surface area contributed by atoms with Crippen molar-refractivity contribution < 1.29 is 0 Å². The number of nitrogens with one attached hydrogen (secondary N) is 1. The molecule has 1 unspecified atom stereocenters. The van der Waals surface area contributed by atoms with Crippen LogP contribution in [0.3, 0.4) is 0 Å². The molecule has 0 saturated carbocycles. The van der Waals surface area contributed by atoms with Crippen molar-refractivity contribution in [3.8, 4) is 34.4 Å². The molecule has 1 N–H and O–H groups in total. The monoisotopic (exact) mass is 434 g/mol. The van der Waals surface area contributed by atoms with E-state index in [1.54, 1.807) is 0 Å². The first kappa shape index (κ1) is 19.8. The molecular weight excluding hydrogens is 408 g/mol. The first-order chi connectivity index (χ1) is 16.2. The molecular formula is C27H26N6. The van der Waals surface area contributed by atoms with E-state index in [1.165, 1.54) is 23.4 Å². The fraction of sp³-hybridized carbons (Fsp3) is 0.259. The predicted molar refractivity (Wildman–Crippen MR) is 130 cm³/mol. The Balaban J connectivity index is 1.39. The normalized spacial score (nSPS) is 16.6. The van der Waals surface area contributed by atoms with Gasteiger partial charge in [0.05, 0.1) is 23.0 Å². The molecule has 2 aliphatic heterocycles. The van der Waals surface area contributed by atoms with Crippen LogP contribution in [0.25, 0.3) is 28.3 Å². The molecule has 2 aromatic heterocycles. The Morgan fingerprint density at radius 3 is 2.82 bits per heavy atom. The predicted octanol–water partition coefficient (Wildman–Crippen LogP) is 4.29. The van der Waals surface area contributed by atoms with Crippen molar-refractivity contribution >= 4 is 5.69 Å². The molecule has 1 saturated heterocycles. The lowest BCUT2D eigenvalue weighted by Gasteiger charge is -2.21. The summed E-state index contributed by atoms with van der Waals surface area (Å²) in [6.07, 6.45) is 7.37. The molecule has 4 aromatic rings. The number of rotatable bonds is 4. The van der Waals surface area contributed by atoms with Gasteiger partial charge in [0.25, 0.3) is 0 Å². The van der Waals surface area contributed by atoms with Crippen molar-refractivity contribution in [3.63, 3.8) is 0 Å². The van der Waals surface area contributed by atoms with Crippen LogP contribution in [0, 0.1) is 17.2 Å². The summed E-state index contributed by atoms with van der Waals surface area (Å²) in [6.45, 7) is 4.09. The maximum atomic E-state index is 9.11. The van der Waals surface area contributed by atoms with Crippen LogP contribution >= 0.6 is 0 Å². The average Bonchev–Trinajstić information content (AvgIpc) is 3.58. The molecule has 4 heterocycles. The minimum absolute atomic E-state index is 0.676. The van der Waals surface area contributed by atoms with Crippen LogP contribution in [0.2, 0.25) is 0 Å². The highest BCUT2D eigenvalue weighted by atomic mass is 15.2. The van der Waals surface area contributed by atoms with E-state index in [0.717, 1.165) is 48.8 Å². The third-order valence-corrected chi connectivity index (χ3v) is 6.92. The molecule has 33 heavy (non-hydrogen) atoms. The van der Waals surface area contributed by atoms with E-state index in [4.69, 9.17) is 10.2 Å². The smallest absolute Gasteiger partial charge is 0.161 e. The van der Waals surface area contributed by atoms with Crippen molar-refractivity contribution in [2.24, 2.45) is 5.92 Å². The second kappa shape index (κ2) is 7.95. The number of hydrogen-bond donors (Lipinski definition) is 1. The van der Waals surface area contributed by atoms with Crippen molar-refractivity contribution in [1.29, 1.82) is 5.26 Å². The zero-order valence-corrected chi connectivity index (χ0v) is 18.7. The van der Waals surface area contributed by atoms with Gasteiger partial charge in [-0.05, 0) is 73.5 Å². The van der Waals surface area contributed by atoms with Gasteiger partial charge >= 0.3 is 0 Å². The van der Waals surface area contributed by atoms with E-state index in [1.807, 2.05) is 37.5 Å². The number of fused-ring (bicyclic) bond motifs is 5. The maximum absolute atomic E-state index is 9.11. The Bertz CT molecular complexity index is 1350. The molecule has 1 fully saturated rings. The summed E-state index contributed by atoms with van der Waals surface area (Å²) in [4.78, 5) is 7.22. The molecule has 6 rings (SSSR count). The Morgan fingerprint density at radius 2 is 2.00 bits per heavy atom. The molecule has 0 amide bonds. The standard InChI is InChI=1S/C27H26N6/c1-29-15-20-8-10-31(16-20)24-6-7-25-23(12-24)18-32-17-22(21-4-2-19(14-28)3-5-21)13-26(32)27-30-9-11-33(25)27/h2-7,9,11-13,17,20,29H,8,10,15-16,18H2,1H3. The van der Waals surface area contributed by atoms with Crippen molar-refractivity contribution in [3.05, 3.63) is 78.2 Å². The van der Waals surface area contributed by atoms with Crippen LogP contribution in [0.4, 0.5) is 5.69 Å². The topological polar surface area (TPSA) is 61.8 Å². The molecule has 164 valence electrons. The summed E-state index contributed by atoms with van der Waals surface area (Å²) in [5.74, 6) is 1.66. The van der Waals surface area contributed by atoms with E-state index in [0.29, 0.717) is 11.5 Å². The molecule has 1 atom stereocenters.